The molecule has 118 valence electrons. The van der Waals surface area contributed by atoms with Crippen LogP contribution in [-0.2, 0) is 6.42 Å². The fraction of sp³-hybridized carbons (Fsp3) is 0.375. The summed E-state index contributed by atoms with van der Waals surface area (Å²) in [7, 11) is 1.71. The van der Waals surface area contributed by atoms with Gasteiger partial charge in [-0.15, -0.1) is 11.3 Å². The summed E-state index contributed by atoms with van der Waals surface area (Å²) in [4.78, 5) is 18.7. The molecular formula is C16H19FN2O2S. The first kappa shape index (κ1) is 16.6. The Morgan fingerprint density at radius 3 is 2.73 bits per heavy atom. The number of carbonyl (C=O) groups excluding carboxylic acids is 1. The molecule has 1 unspecified atom stereocenters. The SMILES string of the molecule is CC(O)CCN(C)C(=O)c1cnc(Cc2ccc(F)cc2)s1. The van der Waals surface area contributed by atoms with Gasteiger partial charge >= 0.3 is 0 Å². The first-order valence-corrected chi connectivity index (χ1v) is 7.90. The first-order chi connectivity index (χ1) is 10.5. The Labute approximate surface area is 133 Å². The van der Waals surface area contributed by atoms with Crippen molar-refractivity contribution in [2.24, 2.45) is 0 Å². The molecule has 0 aliphatic rings. The van der Waals surface area contributed by atoms with Crippen molar-refractivity contribution in [3.8, 4) is 0 Å². The molecule has 0 aliphatic heterocycles. The topological polar surface area (TPSA) is 53.4 Å². The molecule has 22 heavy (non-hydrogen) atoms. The van der Waals surface area contributed by atoms with Crippen molar-refractivity contribution < 1.29 is 14.3 Å². The molecule has 0 fully saturated rings. The summed E-state index contributed by atoms with van der Waals surface area (Å²) in [6, 6.07) is 6.26. The molecule has 0 saturated carbocycles. The molecule has 1 aromatic heterocycles. The zero-order chi connectivity index (χ0) is 16.1. The van der Waals surface area contributed by atoms with E-state index in [2.05, 4.69) is 4.98 Å². The van der Waals surface area contributed by atoms with Gasteiger partial charge in [-0.1, -0.05) is 12.1 Å². The number of amides is 1. The van der Waals surface area contributed by atoms with Crippen LogP contribution >= 0.6 is 11.3 Å². The average Bonchev–Trinajstić information content (AvgIpc) is 2.94. The highest BCUT2D eigenvalue weighted by atomic mass is 32.1. The Morgan fingerprint density at radius 2 is 2.09 bits per heavy atom. The lowest BCUT2D eigenvalue weighted by atomic mass is 10.2. The largest absolute Gasteiger partial charge is 0.393 e. The van der Waals surface area contributed by atoms with E-state index in [1.165, 1.54) is 23.5 Å². The van der Waals surface area contributed by atoms with Gasteiger partial charge in [-0.25, -0.2) is 9.37 Å². The van der Waals surface area contributed by atoms with Gasteiger partial charge in [0.25, 0.3) is 5.91 Å². The summed E-state index contributed by atoms with van der Waals surface area (Å²) in [5.41, 5.74) is 0.956. The molecule has 4 nitrogen and oxygen atoms in total. The predicted molar refractivity (Wildman–Crippen MR) is 84.6 cm³/mol. The number of thiazole rings is 1. The molecule has 2 aromatic rings. The van der Waals surface area contributed by atoms with Crippen LogP contribution in [0.2, 0.25) is 0 Å². The average molecular weight is 322 g/mol. The second-order valence-corrected chi connectivity index (χ2v) is 6.40. The van der Waals surface area contributed by atoms with Crippen LogP contribution in [0.3, 0.4) is 0 Å². The first-order valence-electron chi connectivity index (χ1n) is 7.08. The van der Waals surface area contributed by atoms with Crippen LogP contribution in [0.25, 0.3) is 0 Å². The lowest BCUT2D eigenvalue weighted by Crippen LogP contribution is -2.28. The van der Waals surface area contributed by atoms with Gasteiger partial charge < -0.3 is 10.0 Å². The molecule has 1 atom stereocenters. The smallest absolute Gasteiger partial charge is 0.265 e. The zero-order valence-corrected chi connectivity index (χ0v) is 13.4. The second-order valence-electron chi connectivity index (χ2n) is 5.29. The second kappa shape index (κ2) is 7.47. The fourth-order valence-electron chi connectivity index (χ4n) is 1.94. The molecule has 0 aliphatic carbocycles. The molecule has 1 amide bonds. The number of aliphatic hydroxyl groups excluding tert-OH is 1. The van der Waals surface area contributed by atoms with Crippen LogP contribution < -0.4 is 0 Å². The van der Waals surface area contributed by atoms with Crippen LogP contribution in [0, 0.1) is 5.82 Å². The summed E-state index contributed by atoms with van der Waals surface area (Å²) in [6.07, 6.45) is 2.27. The van der Waals surface area contributed by atoms with Crippen molar-refractivity contribution in [2.45, 2.75) is 25.9 Å². The molecule has 0 bridgehead atoms. The van der Waals surface area contributed by atoms with E-state index in [0.29, 0.717) is 24.3 Å². The highest BCUT2D eigenvalue weighted by molar-refractivity contribution is 7.13. The Kier molecular flexibility index (Phi) is 5.63. The maximum Gasteiger partial charge on any atom is 0.265 e. The van der Waals surface area contributed by atoms with Gasteiger partial charge in [-0.3, -0.25) is 4.79 Å². The van der Waals surface area contributed by atoms with Crippen molar-refractivity contribution in [2.75, 3.05) is 13.6 Å². The number of rotatable bonds is 6. The third kappa shape index (κ3) is 4.61. The fourth-order valence-corrected chi connectivity index (χ4v) is 2.88. The van der Waals surface area contributed by atoms with Crippen LogP contribution in [0.5, 0.6) is 0 Å². The molecule has 1 heterocycles. The molecule has 0 spiro atoms. The minimum atomic E-state index is -0.425. The number of halogens is 1. The minimum absolute atomic E-state index is 0.0940. The Bertz CT molecular complexity index is 625. The predicted octanol–water partition coefficient (Wildman–Crippen LogP) is 2.72. The van der Waals surface area contributed by atoms with Gasteiger partial charge in [0.05, 0.1) is 17.3 Å². The summed E-state index contributed by atoms with van der Waals surface area (Å²) in [6.45, 7) is 2.20. The van der Waals surface area contributed by atoms with E-state index in [4.69, 9.17) is 0 Å². The van der Waals surface area contributed by atoms with Crippen molar-refractivity contribution in [1.29, 1.82) is 0 Å². The van der Waals surface area contributed by atoms with E-state index in [1.54, 1.807) is 37.2 Å². The number of benzene rings is 1. The summed E-state index contributed by atoms with van der Waals surface area (Å²) in [5.74, 6) is -0.359. The molecule has 1 N–H and O–H groups in total. The molecule has 2 rings (SSSR count). The van der Waals surface area contributed by atoms with E-state index in [1.807, 2.05) is 0 Å². The van der Waals surface area contributed by atoms with Gasteiger partial charge in [0.1, 0.15) is 10.7 Å². The molecule has 6 heteroatoms. The number of aromatic nitrogens is 1. The molecule has 1 aromatic carbocycles. The van der Waals surface area contributed by atoms with Gasteiger partial charge in [-0.2, -0.15) is 0 Å². The van der Waals surface area contributed by atoms with Crippen molar-refractivity contribution >= 4 is 17.2 Å². The van der Waals surface area contributed by atoms with Gasteiger partial charge in [0, 0.05) is 20.0 Å². The van der Waals surface area contributed by atoms with E-state index >= 15 is 0 Å². The Balaban J connectivity index is 1.98. The van der Waals surface area contributed by atoms with Crippen molar-refractivity contribution in [1.82, 2.24) is 9.88 Å². The third-order valence-electron chi connectivity index (χ3n) is 3.26. The monoisotopic (exact) mass is 322 g/mol. The quantitative estimate of drug-likeness (QED) is 0.890. The summed E-state index contributed by atoms with van der Waals surface area (Å²) >= 11 is 1.34. The lowest BCUT2D eigenvalue weighted by Gasteiger charge is -2.16. The third-order valence-corrected chi connectivity index (χ3v) is 4.25. The minimum Gasteiger partial charge on any atom is -0.393 e. The lowest BCUT2D eigenvalue weighted by molar-refractivity contribution is 0.0773. The van der Waals surface area contributed by atoms with E-state index in [0.717, 1.165) is 10.6 Å². The number of aliphatic hydroxyl groups is 1. The number of carbonyl (C=O) groups is 1. The van der Waals surface area contributed by atoms with E-state index in [9.17, 15) is 14.3 Å². The van der Waals surface area contributed by atoms with E-state index < -0.39 is 6.10 Å². The van der Waals surface area contributed by atoms with Crippen molar-refractivity contribution in [3.63, 3.8) is 0 Å². The van der Waals surface area contributed by atoms with Gasteiger partial charge in [0.15, 0.2) is 0 Å². The highest BCUT2D eigenvalue weighted by Gasteiger charge is 2.15. The maximum atomic E-state index is 12.9. The van der Waals surface area contributed by atoms with Gasteiger partial charge in [0.2, 0.25) is 0 Å². The van der Waals surface area contributed by atoms with Crippen LogP contribution in [0.4, 0.5) is 4.39 Å². The highest BCUT2D eigenvalue weighted by Crippen LogP contribution is 2.18. The standard InChI is InChI=1S/C16H19FN2O2S/c1-11(20)7-8-19(2)16(21)14-10-18-15(22-14)9-12-3-5-13(17)6-4-12/h3-6,10-11,20H,7-9H2,1-2H3. The number of nitrogens with zero attached hydrogens (tertiary/aromatic N) is 2. The normalized spacial score (nSPS) is 12.2. The summed E-state index contributed by atoms with van der Waals surface area (Å²) < 4.78 is 12.9. The molecule has 0 saturated heterocycles. The Morgan fingerprint density at radius 1 is 1.41 bits per heavy atom. The maximum absolute atomic E-state index is 12.9. The van der Waals surface area contributed by atoms with Crippen molar-refractivity contribution in [3.05, 3.63) is 51.7 Å². The van der Waals surface area contributed by atoms with E-state index in [-0.39, 0.29) is 11.7 Å². The van der Waals surface area contributed by atoms with Crippen LogP contribution in [0.15, 0.2) is 30.5 Å². The van der Waals surface area contributed by atoms with Gasteiger partial charge in [-0.05, 0) is 31.0 Å². The van der Waals surface area contributed by atoms with Crippen LogP contribution in [0.1, 0.15) is 33.6 Å². The summed E-state index contributed by atoms with van der Waals surface area (Å²) in [5, 5.41) is 10.1. The van der Waals surface area contributed by atoms with Crippen LogP contribution in [-0.4, -0.2) is 40.6 Å². The zero-order valence-electron chi connectivity index (χ0n) is 12.6. The number of hydrogen-bond acceptors (Lipinski definition) is 4. The molecule has 0 radical (unpaired) electrons. The number of hydrogen-bond donors (Lipinski definition) is 1. The Hall–Kier alpha value is -1.79. The molecular weight excluding hydrogens is 303 g/mol.